The average Bonchev–Trinajstić information content (AvgIpc) is 2.54. The number of nitrogens with zero attached hydrogens (tertiary/aromatic N) is 3. The van der Waals surface area contributed by atoms with Gasteiger partial charge in [-0.3, -0.25) is 4.90 Å². The Hall–Kier alpha value is -2.24. The lowest BCUT2D eigenvalue weighted by Crippen LogP contribution is -2.58. The van der Waals surface area contributed by atoms with E-state index in [0.29, 0.717) is 12.6 Å². The summed E-state index contributed by atoms with van der Waals surface area (Å²) in [6.07, 6.45) is 6.24. The average molecular weight is 315 g/mol. The Morgan fingerprint density at radius 2 is 1.91 bits per heavy atom. The van der Waals surface area contributed by atoms with Crippen molar-refractivity contribution in [2.75, 3.05) is 11.5 Å². The van der Waals surface area contributed by atoms with Gasteiger partial charge in [0, 0.05) is 0 Å². The van der Waals surface area contributed by atoms with Crippen LogP contribution in [0.2, 0.25) is 0 Å². The molecule has 6 heteroatoms. The zero-order valence-corrected chi connectivity index (χ0v) is 13.7. The molecule has 1 aromatic carbocycles. The first kappa shape index (κ1) is 15.6. The number of ether oxygens (including phenoxy) is 1. The molecular formula is C17H25N5O. The van der Waals surface area contributed by atoms with E-state index in [1.807, 2.05) is 29.2 Å². The highest BCUT2D eigenvalue weighted by Crippen LogP contribution is 2.42. The largest absolute Gasteiger partial charge is 0.491 e. The van der Waals surface area contributed by atoms with Crippen molar-refractivity contribution in [3.05, 3.63) is 24.3 Å². The third-order valence-electron chi connectivity index (χ3n) is 4.42. The highest BCUT2D eigenvalue weighted by Gasteiger charge is 2.43. The molecule has 0 aromatic heterocycles. The maximum Gasteiger partial charge on any atom is 0.220 e. The normalized spacial score (nSPS) is 20.1. The van der Waals surface area contributed by atoms with E-state index in [1.165, 1.54) is 6.42 Å². The third-order valence-corrected chi connectivity index (χ3v) is 4.42. The number of aliphatic imine (C=N–C) groups is 2. The van der Waals surface area contributed by atoms with Crippen LogP contribution in [0.25, 0.3) is 0 Å². The Bertz CT molecular complexity index is 619. The van der Waals surface area contributed by atoms with Crippen LogP contribution in [0.5, 0.6) is 5.75 Å². The summed E-state index contributed by atoms with van der Waals surface area (Å²) in [6.45, 7) is 2.76. The molecule has 1 saturated carbocycles. The second-order valence-electron chi connectivity index (χ2n) is 6.13. The summed E-state index contributed by atoms with van der Waals surface area (Å²) in [5.74, 6) is 1.48. The minimum absolute atomic E-state index is 0.271. The van der Waals surface area contributed by atoms with E-state index in [1.54, 1.807) is 0 Å². The summed E-state index contributed by atoms with van der Waals surface area (Å²) in [5.41, 5.74) is 12.7. The van der Waals surface area contributed by atoms with E-state index >= 15 is 0 Å². The van der Waals surface area contributed by atoms with E-state index in [2.05, 4.69) is 11.9 Å². The van der Waals surface area contributed by atoms with Crippen LogP contribution in [0, 0.1) is 0 Å². The predicted molar refractivity (Wildman–Crippen MR) is 93.8 cm³/mol. The van der Waals surface area contributed by atoms with Gasteiger partial charge in [0.2, 0.25) is 11.9 Å². The lowest BCUT2D eigenvalue weighted by molar-refractivity contribution is 0.294. The number of guanidine groups is 2. The first-order chi connectivity index (χ1) is 11.2. The Balaban J connectivity index is 2.04. The summed E-state index contributed by atoms with van der Waals surface area (Å²) in [7, 11) is 0. The predicted octanol–water partition coefficient (Wildman–Crippen LogP) is 2.59. The first-order valence-corrected chi connectivity index (χ1v) is 8.38. The van der Waals surface area contributed by atoms with Gasteiger partial charge in [-0.2, -0.15) is 4.99 Å². The number of hydrogen-bond donors (Lipinski definition) is 2. The molecule has 2 aliphatic rings. The second-order valence-corrected chi connectivity index (χ2v) is 6.13. The number of para-hydroxylation sites is 2. The Labute approximate surface area is 137 Å². The van der Waals surface area contributed by atoms with Crippen molar-refractivity contribution in [3.63, 3.8) is 0 Å². The van der Waals surface area contributed by atoms with Gasteiger partial charge in [0.15, 0.2) is 0 Å². The molecular weight excluding hydrogens is 290 g/mol. The monoisotopic (exact) mass is 315 g/mol. The minimum Gasteiger partial charge on any atom is -0.491 e. The molecule has 1 aliphatic heterocycles. The van der Waals surface area contributed by atoms with E-state index in [9.17, 15) is 0 Å². The zero-order chi connectivity index (χ0) is 16.3. The van der Waals surface area contributed by atoms with Gasteiger partial charge in [0.05, 0.1) is 12.3 Å². The summed E-state index contributed by atoms with van der Waals surface area (Å²) < 4.78 is 5.92. The van der Waals surface area contributed by atoms with Crippen molar-refractivity contribution in [1.82, 2.24) is 0 Å². The van der Waals surface area contributed by atoms with Crippen LogP contribution in [0.1, 0.15) is 45.4 Å². The molecule has 1 spiro atoms. The number of rotatable bonds is 4. The SMILES string of the molecule is CCCOc1ccccc1N1C(N)=NC(N)=NC12CCCCC2. The Morgan fingerprint density at radius 3 is 2.65 bits per heavy atom. The Morgan fingerprint density at radius 1 is 1.17 bits per heavy atom. The number of nitrogens with two attached hydrogens (primary N) is 2. The fourth-order valence-electron chi connectivity index (χ4n) is 3.45. The molecule has 0 amide bonds. The summed E-state index contributed by atoms with van der Waals surface area (Å²) in [6, 6.07) is 7.94. The number of anilines is 1. The van der Waals surface area contributed by atoms with Crippen LogP contribution in [-0.2, 0) is 0 Å². The van der Waals surface area contributed by atoms with E-state index < -0.39 is 5.66 Å². The van der Waals surface area contributed by atoms with Crippen LogP contribution in [-0.4, -0.2) is 24.2 Å². The summed E-state index contributed by atoms with van der Waals surface area (Å²) >= 11 is 0. The molecule has 0 atom stereocenters. The standard InChI is InChI=1S/C17H25N5O/c1-2-12-23-14-9-5-4-8-13(14)22-16(19)20-15(18)21-17(22)10-6-3-7-11-17/h4-5,8-9H,2-3,6-7,10-12H2,1H3,(H4,18,19,20,21). The van der Waals surface area contributed by atoms with Crippen molar-refractivity contribution in [2.45, 2.75) is 51.1 Å². The fourth-order valence-corrected chi connectivity index (χ4v) is 3.45. The zero-order valence-electron chi connectivity index (χ0n) is 13.7. The lowest BCUT2D eigenvalue weighted by Gasteiger charge is -2.45. The minimum atomic E-state index is -0.431. The lowest BCUT2D eigenvalue weighted by atomic mass is 9.87. The topological polar surface area (TPSA) is 89.2 Å². The van der Waals surface area contributed by atoms with Gasteiger partial charge < -0.3 is 16.2 Å². The first-order valence-electron chi connectivity index (χ1n) is 8.38. The van der Waals surface area contributed by atoms with Gasteiger partial charge in [-0.25, -0.2) is 4.99 Å². The molecule has 23 heavy (non-hydrogen) atoms. The van der Waals surface area contributed by atoms with Gasteiger partial charge in [-0.05, 0) is 44.2 Å². The third kappa shape index (κ3) is 2.98. The molecule has 3 rings (SSSR count). The molecule has 124 valence electrons. The van der Waals surface area contributed by atoms with E-state index in [4.69, 9.17) is 21.2 Å². The van der Waals surface area contributed by atoms with Crippen LogP contribution in [0.3, 0.4) is 0 Å². The molecule has 0 saturated heterocycles. The van der Waals surface area contributed by atoms with E-state index in [-0.39, 0.29) is 5.96 Å². The smallest absolute Gasteiger partial charge is 0.220 e. The Kier molecular flexibility index (Phi) is 4.41. The molecule has 0 bridgehead atoms. The van der Waals surface area contributed by atoms with Crippen LogP contribution in [0.4, 0.5) is 5.69 Å². The molecule has 6 nitrogen and oxygen atoms in total. The molecule has 0 unspecified atom stereocenters. The van der Waals surface area contributed by atoms with Gasteiger partial charge in [-0.1, -0.05) is 25.5 Å². The van der Waals surface area contributed by atoms with Gasteiger partial charge >= 0.3 is 0 Å². The van der Waals surface area contributed by atoms with Crippen LogP contribution >= 0.6 is 0 Å². The molecule has 0 radical (unpaired) electrons. The summed E-state index contributed by atoms with van der Waals surface area (Å²) in [5, 5.41) is 0. The fraction of sp³-hybridized carbons (Fsp3) is 0.529. The maximum atomic E-state index is 6.26. The van der Waals surface area contributed by atoms with Crippen molar-refractivity contribution < 1.29 is 4.74 Å². The van der Waals surface area contributed by atoms with Crippen molar-refractivity contribution in [2.24, 2.45) is 21.5 Å². The molecule has 1 aromatic rings. The molecule has 4 N–H and O–H groups in total. The highest BCUT2D eigenvalue weighted by molar-refractivity contribution is 6.06. The molecule has 1 aliphatic carbocycles. The summed E-state index contributed by atoms with van der Waals surface area (Å²) in [4.78, 5) is 10.9. The maximum absolute atomic E-state index is 6.26. The molecule has 1 fully saturated rings. The van der Waals surface area contributed by atoms with Crippen LogP contribution < -0.4 is 21.1 Å². The van der Waals surface area contributed by atoms with Crippen molar-refractivity contribution >= 4 is 17.6 Å². The van der Waals surface area contributed by atoms with Gasteiger partial charge in [0.25, 0.3) is 0 Å². The number of hydrogen-bond acceptors (Lipinski definition) is 6. The highest BCUT2D eigenvalue weighted by atomic mass is 16.5. The van der Waals surface area contributed by atoms with Crippen molar-refractivity contribution in [3.8, 4) is 5.75 Å². The second kappa shape index (κ2) is 6.48. The number of benzene rings is 1. The van der Waals surface area contributed by atoms with Gasteiger partial charge in [0.1, 0.15) is 11.4 Å². The molecule has 1 heterocycles. The van der Waals surface area contributed by atoms with Crippen molar-refractivity contribution in [1.29, 1.82) is 0 Å². The van der Waals surface area contributed by atoms with Crippen LogP contribution in [0.15, 0.2) is 34.3 Å². The van der Waals surface area contributed by atoms with Gasteiger partial charge in [-0.15, -0.1) is 0 Å². The quantitative estimate of drug-likeness (QED) is 0.893. The van der Waals surface area contributed by atoms with E-state index in [0.717, 1.165) is 43.5 Å².